The highest BCUT2D eigenvalue weighted by Gasteiger charge is 2.16. The monoisotopic (exact) mass is 373 g/mol. The van der Waals surface area contributed by atoms with Gasteiger partial charge in [-0.3, -0.25) is 4.72 Å². The van der Waals surface area contributed by atoms with Crippen molar-refractivity contribution in [3.8, 4) is 5.75 Å². The van der Waals surface area contributed by atoms with Crippen molar-refractivity contribution in [2.45, 2.75) is 11.8 Å². The minimum Gasteiger partial charge on any atom is -0.496 e. The molecule has 0 amide bonds. The lowest BCUT2D eigenvalue weighted by atomic mass is 10.2. The van der Waals surface area contributed by atoms with Crippen LogP contribution in [-0.2, 0) is 10.0 Å². The summed E-state index contributed by atoms with van der Waals surface area (Å²) in [5, 5.41) is 0. The first kappa shape index (κ1) is 15.8. The number of anilines is 1. The molecule has 0 aliphatic carbocycles. The van der Waals surface area contributed by atoms with Gasteiger partial charge < -0.3 is 4.74 Å². The lowest BCUT2D eigenvalue weighted by Crippen LogP contribution is -2.13. The first-order valence-electron chi connectivity index (χ1n) is 5.95. The Balaban J connectivity index is 2.36. The highest BCUT2D eigenvalue weighted by atomic mass is 79.9. The van der Waals surface area contributed by atoms with Crippen molar-refractivity contribution in [2.75, 3.05) is 11.8 Å². The number of hydrogen-bond donors (Lipinski definition) is 1. The second kappa shape index (κ2) is 6.03. The van der Waals surface area contributed by atoms with Gasteiger partial charge in [0.15, 0.2) is 0 Å². The van der Waals surface area contributed by atoms with Gasteiger partial charge in [0.2, 0.25) is 0 Å². The Bertz CT molecular complexity index is 758. The summed E-state index contributed by atoms with van der Waals surface area (Å²) in [6, 6.07) is 8.38. The number of aryl methyl sites for hydroxylation is 1. The lowest BCUT2D eigenvalue weighted by Gasteiger charge is -2.10. The van der Waals surface area contributed by atoms with E-state index in [9.17, 15) is 12.8 Å². The van der Waals surface area contributed by atoms with E-state index in [0.717, 1.165) is 6.07 Å². The van der Waals surface area contributed by atoms with Gasteiger partial charge in [-0.15, -0.1) is 0 Å². The van der Waals surface area contributed by atoms with Crippen molar-refractivity contribution in [1.82, 2.24) is 0 Å². The molecule has 0 fully saturated rings. The molecular formula is C14H13BrFNO3S. The second-order valence-corrected chi connectivity index (χ2v) is 6.96. The molecule has 7 heteroatoms. The summed E-state index contributed by atoms with van der Waals surface area (Å²) in [6.45, 7) is 1.69. The standard InChI is InChI=1S/C14H13BrFNO3S/c1-9-5-10(16)7-11(6-9)17-21(18,19)12-3-4-14(20-2)13(15)8-12/h3-8,17H,1-2H3. The predicted molar refractivity (Wildman–Crippen MR) is 82.6 cm³/mol. The van der Waals surface area contributed by atoms with E-state index in [1.807, 2.05) is 0 Å². The van der Waals surface area contributed by atoms with Crippen LogP contribution in [0.3, 0.4) is 0 Å². The summed E-state index contributed by atoms with van der Waals surface area (Å²) < 4.78 is 45.8. The highest BCUT2D eigenvalue weighted by molar-refractivity contribution is 9.10. The molecule has 2 aromatic carbocycles. The summed E-state index contributed by atoms with van der Waals surface area (Å²) >= 11 is 3.23. The number of ether oxygens (including phenoxy) is 1. The van der Waals surface area contributed by atoms with Crippen LogP contribution in [0.4, 0.5) is 10.1 Å². The van der Waals surface area contributed by atoms with Crippen molar-refractivity contribution in [3.63, 3.8) is 0 Å². The van der Waals surface area contributed by atoms with Crippen molar-refractivity contribution < 1.29 is 17.5 Å². The number of nitrogens with one attached hydrogen (secondary N) is 1. The number of methoxy groups -OCH3 is 1. The first-order chi connectivity index (χ1) is 9.81. The van der Waals surface area contributed by atoms with Crippen LogP contribution in [0.1, 0.15) is 5.56 Å². The number of halogens is 2. The van der Waals surface area contributed by atoms with Crippen LogP contribution in [0.5, 0.6) is 5.75 Å². The van der Waals surface area contributed by atoms with Crippen LogP contribution in [0, 0.1) is 12.7 Å². The molecule has 21 heavy (non-hydrogen) atoms. The molecule has 0 saturated heterocycles. The molecule has 0 heterocycles. The van der Waals surface area contributed by atoms with E-state index >= 15 is 0 Å². The topological polar surface area (TPSA) is 55.4 Å². The van der Waals surface area contributed by atoms with E-state index in [-0.39, 0.29) is 10.6 Å². The van der Waals surface area contributed by atoms with Gasteiger partial charge in [-0.25, -0.2) is 12.8 Å². The molecule has 0 aliphatic rings. The molecule has 2 aromatic rings. The van der Waals surface area contributed by atoms with Crippen LogP contribution in [0.2, 0.25) is 0 Å². The van der Waals surface area contributed by atoms with Crippen LogP contribution < -0.4 is 9.46 Å². The Labute approximate surface area is 131 Å². The van der Waals surface area contributed by atoms with Crippen LogP contribution in [-0.4, -0.2) is 15.5 Å². The lowest BCUT2D eigenvalue weighted by molar-refractivity contribution is 0.411. The highest BCUT2D eigenvalue weighted by Crippen LogP contribution is 2.28. The largest absolute Gasteiger partial charge is 0.496 e. The van der Waals surface area contributed by atoms with Gasteiger partial charge in [-0.1, -0.05) is 0 Å². The number of sulfonamides is 1. The molecule has 2 rings (SSSR count). The minimum atomic E-state index is -3.80. The van der Waals surface area contributed by atoms with Gasteiger partial charge in [0, 0.05) is 0 Å². The Morgan fingerprint density at radius 1 is 1.19 bits per heavy atom. The summed E-state index contributed by atoms with van der Waals surface area (Å²) in [4.78, 5) is 0.0529. The minimum absolute atomic E-state index is 0.0529. The molecule has 0 spiro atoms. The summed E-state index contributed by atoms with van der Waals surface area (Å²) in [5.41, 5.74) is 0.808. The van der Waals surface area contributed by atoms with Gasteiger partial charge in [0.05, 0.1) is 22.2 Å². The predicted octanol–water partition coefficient (Wildman–Crippen LogP) is 3.71. The van der Waals surface area contributed by atoms with Crippen molar-refractivity contribution in [2.24, 2.45) is 0 Å². The van der Waals surface area contributed by atoms with Gasteiger partial charge >= 0.3 is 0 Å². The van der Waals surface area contributed by atoms with E-state index in [1.54, 1.807) is 13.0 Å². The van der Waals surface area contributed by atoms with Crippen LogP contribution in [0.15, 0.2) is 45.8 Å². The van der Waals surface area contributed by atoms with Crippen LogP contribution in [0.25, 0.3) is 0 Å². The Hall–Kier alpha value is -1.60. The van der Waals surface area contributed by atoms with E-state index in [1.165, 1.54) is 31.4 Å². The summed E-state index contributed by atoms with van der Waals surface area (Å²) in [6.07, 6.45) is 0. The fourth-order valence-corrected chi connectivity index (χ4v) is 3.58. The van der Waals surface area contributed by atoms with Gasteiger partial charge in [0.1, 0.15) is 11.6 Å². The average molecular weight is 374 g/mol. The fourth-order valence-electron chi connectivity index (χ4n) is 1.82. The zero-order valence-corrected chi connectivity index (χ0v) is 13.8. The molecular weight excluding hydrogens is 361 g/mol. The molecule has 112 valence electrons. The van der Waals surface area contributed by atoms with Gasteiger partial charge in [-0.05, 0) is 64.8 Å². The average Bonchev–Trinajstić information content (AvgIpc) is 2.36. The summed E-state index contributed by atoms with van der Waals surface area (Å²) in [5.74, 6) is 0.0270. The normalized spacial score (nSPS) is 11.2. The maximum absolute atomic E-state index is 13.3. The Morgan fingerprint density at radius 2 is 1.90 bits per heavy atom. The van der Waals surface area contributed by atoms with Crippen molar-refractivity contribution >= 4 is 31.6 Å². The molecule has 0 aromatic heterocycles. The maximum Gasteiger partial charge on any atom is 0.261 e. The molecule has 0 bridgehead atoms. The fraction of sp³-hybridized carbons (Fsp3) is 0.143. The molecule has 0 unspecified atom stereocenters. The molecule has 0 atom stereocenters. The number of hydrogen-bond acceptors (Lipinski definition) is 3. The van der Waals surface area contributed by atoms with Crippen LogP contribution >= 0.6 is 15.9 Å². The zero-order chi connectivity index (χ0) is 15.6. The Morgan fingerprint density at radius 3 is 2.48 bits per heavy atom. The van der Waals surface area contributed by atoms with E-state index in [4.69, 9.17) is 4.74 Å². The van der Waals surface area contributed by atoms with Crippen molar-refractivity contribution in [1.29, 1.82) is 0 Å². The third kappa shape index (κ3) is 3.74. The molecule has 0 saturated carbocycles. The zero-order valence-electron chi connectivity index (χ0n) is 11.4. The van der Waals surface area contributed by atoms with E-state index in [0.29, 0.717) is 15.8 Å². The Kier molecular flexibility index (Phi) is 4.53. The molecule has 1 N–H and O–H groups in total. The van der Waals surface area contributed by atoms with E-state index < -0.39 is 15.8 Å². The first-order valence-corrected chi connectivity index (χ1v) is 8.23. The SMILES string of the molecule is COc1ccc(S(=O)(=O)Nc2cc(C)cc(F)c2)cc1Br. The van der Waals surface area contributed by atoms with Gasteiger partial charge in [-0.2, -0.15) is 0 Å². The van der Waals surface area contributed by atoms with Crippen molar-refractivity contribution in [3.05, 3.63) is 52.3 Å². The maximum atomic E-state index is 13.3. The molecule has 4 nitrogen and oxygen atoms in total. The second-order valence-electron chi connectivity index (χ2n) is 4.42. The van der Waals surface area contributed by atoms with E-state index in [2.05, 4.69) is 20.7 Å². The third-order valence-corrected chi connectivity index (χ3v) is 4.73. The van der Waals surface area contributed by atoms with Gasteiger partial charge in [0.25, 0.3) is 10.0 Å². The molecule has 0 radical (unpaired) electrons. The third-order valence-electron chi connectivity index (χ3n) is 2.73. The number of benzene rings is 2. The number of rotatable bonds is 4. The smallest absolute Gasteiger partial charge is 0.261 e. The summed E-state index contributed by atoms with van der Waals surface area (Å²) in [7, 11) is -2.31. The molecule has 0 aliphatic heterocycles. The quantitative estimate of drug-likeness (QED) is 0.888.